The van der Waals surface area contributed by atoms with E-state index in [1.807, 2.05) is 53.4 Å². The molecule has 3 rings (SSSR count). The lowest BCUT2D eigenvalue weighted by Crippen LogP contribution is -2.30. The number of aromatic nitrogens is 1. The first-order chi connectivity index (χ1) is 13.2. The Bertz CT molecular complexity index is 813. The van der Waals surface area contributed by atoms with Gasteiger partial charge in [0, 0.05) is 31.0 Å². The summed E-state index contributed by atoms with van der Waals surface area (Å²) in [4.78, 5) is 18.9. The molecule has 0 saturated carbocycles. The zero-order chi connectivity index (χ0) is 19.1. The molecule has 5 heteroatoms. The summed E-state index contributed by atoms with van der Waals surface area (Å²) in [5.41, 5.74) is 2.69. The van der Waals surface area contributed by atoms with Crippen molar-refractivity contribution in [2.75, 3.05) is 14.2 Å². The van der Waals surface area contributed by atoms with E-state index in [0.29, 0.717) is 18.7 Å². The van der Waals surface area contributed by atoms with E-state index in [1.54, 1.807) is 38.7 Å². The van der Waals surface area contributed by atoms with Gasteiger partial charge in [-0.25, -0.2) is 0 Å². The zero-order valence-electron chi connectivity index (χ0n) is 15.5. The summed E-state index contributed by atoms with van der Waals surface area (Å²) < 4.78 is 10.4. The highest BCUT2D eigenvalue weighted by molar-refractivity contribution is 5.94. The van der Waals surface area contributed by atoms with Gasteiger partial charge in [-0.15, -0.1) is 0 Å². The molecule has 5 nitrogen and oxygen atoms in total. The molecular formula is C22H22N2O3. The molecule has 0 radical (unpaired) electrons. The topological polar surface area (TPSA) is 51.7 Å². The number of benzene rings is 2. The lowest BCUT2D eigenvalue weighted by molar-refractivity contribution is 0.0730. The lowest BCUT2D eigenvalue weighted by atomic mass is 10.1. The molecule has 0 fully saturated rings. The highest BCUT2D eigenvalue weighted by Crippen LogP contribution is 2.18. The SMILES string of the molecule is COc1ccc(CN(Cc2ccc(OC)cc2)C(=O)c2ccncc2)cc1. The zero-order valence-corrected chi connectivity index (χ0v) is 15.5. The molecule has 0 aliphatic rings. The highest BCUT2D eigenvalue weighted by atomic mass is 16.5. The molecule has 0 aliphatic heterocycles. The van der Waals surface area contributed by atoms with Gasteiger partial charge in [0.05, 0.1) is 14.2 Å². The van der Waals surface area contributed by atoms with Crippen LogP contribution in [-0.4, -0.2) is 30.0 Å². The average molecular weight is 362 g/mol. The summed E-state index contributed by atoms with van der Waals surface area (Å²) in [5, 5.41) is 0. The summed E-state index contributed by atoms with van der Waals surface area (Å²) in [6.07, 6.45) is 3.26. The van der Waals surface area contributed by atoms with E-state index in [2.05, 4.69) is 4.98 Å². The minimum Gasteiger partial charge on any atom is -0.497 e. The van der Waals surface area contributed by atoms with Crippen LogP contribution in [0.5, 0.6) is 11.5 Å². The Morgan fingerprint density at radius 3 is 1.63 bits per heavy atom. The fraction of sp³-hybridized carbons (Fsp3) is 0.182. The Labute approximate surface area is 159 Å². The minimum absolute atomic E-state index is 0.0379. The number of hydrogen-bond acceptors (Lipinski definition) is 4. The Morgan fingerprint density at radius 1 is 0.778 bits per heavy atom. The summed E-state index contributed by atoms with van der Waals surface area (Å²) in [5.74, 6) is 1.55. The lowest BCUT2D eigenvalue weighted by Gasteiger charge is -2.23. The van der Waals surface area contributed by atoms with E-state index in [-0.39, 0.29) is 5.91 Å². The third kappa shape index (κ3) is 4.85. The summed E-state index contributed by atoms with van der Waals surface area (Å²) >= 11 is 0. The van der Waals surface area contributed by atoms with Crippen molar-refractivity contribution in [2.24, 2.45) is 0 Å². The number of pyridine rings is 1. The number of amides is 1. The van der Waals surface area contributed by atoms with Gasteiger partial charge in [0.25, 0.3) is 5.91 Å². The fourth-order valence-electron chi connectivity index (χ4n) is 2.78. The molecular weight excluding hydrogens is 340 g/mol. The molecule has 0 atom stereocenters. The van der Waals surface area contributed by atoms with Gasteiger partial charge in [-0.05, 0) is 47.5 Å². The molecule has 0 aliphatic carbocycles. The number of hydrogen-bond donors (Lipinski definition) is 0. The molecule has 0 N–H and O–H groups in total. The first kappa shape index (κ1) is 18.5. The maximum atomic E-state index is 13.0. The van der Waals surface area contributed by atoms with E-state index >= 15 is 0 Å². The van der Waals surface area contributed by atoms with Crippen LogP contribution in [0, 0.1) is 0 Å². The Balaban J connectivity index is 1.83. The van der Waals surface area contributed by atoms with Crippen molar-refractivity contribution in [3.63, 3.8) is 0 Å². The van der Waals surface area contributed by atoms with Crippen molar-refractivity contribution >= 4 is 5.91 Å². The second-order valence-electron chi connectivity index (χ2n) is 6.09. The van der Waals surface area contributed by atoms with Crippen LogP contribution in [0.25, 0.3) is 0 Å². The molecule has 0 bridgehead atoms. The molecule has 3 aromatic rings. The van der Waals surface area contributed by atoms with Crippen molar-refractivity contribution < 1.29 is 14.3 Å². The van der Waals surface area contributed by atoms with E-state index in [4.69, 9.17) is 9.47 Å². The smallest absolute Gasteiger partial charge is 0.254 e. The molecule has 1 amide bonds. The van der Waals surface area contributed by atoms with Gasteiger partial charge in [-0.2, -0.15) is 0 Å². The molecule has 0 unspecified atom stereocenters. The molecule has 0 spiro atoms. The van der Waals surface area contributed by atoms with E-state index < -0.39 is 0 Å². The number of rotatable bonds is 7. The van der Waals surface area contributed by atoms with Crippen molar-refractivity contribution in [1.82, 2.24) is 9.88 Å². The quantitative estimate of drug-likeness (QED) is 0.639. The van der Waals surface area contributed by atoms with Gasteiger partial charge in [0.15, 0.2) is 0 Å². The van der Waals surface area contributed by atoms with Crippen LogP contribution in [0.4, 0.5) is 0 Å². The van der Waals surface area contributed by atoms with Crippen LogP contribution in [0.1, 0.15) is 21.5 Å². The predicted molar refractivity (Wildman–Crippen MR) is 104 cm³/mol. The van der Waals surface area contributed by atoms with Gasteiger partial charge in [0.2, 0.25) is 0 Å². The maximum Gasteiger partial charge on any atom is 0.254 e. The van der Waals surface area contributed by atoms with Crippen LogP contribution in [-0.2, 0) is 13.1 Å². The van der Waals surface area contributed by atoms with Crippen LogP contribution >= 0.6 is 0 Å². The normalized spacial score (nSPS) is 10.3. The highest BCUT2D eigenvalue weighted by Gasteiger charge is 2.17. The largest absolute Gasteiger partial charge is 0.497 e. The van der Waals surface area contributed by atoms with Crippen LogP contribution in [0.2, 0.25) is 0 Å². The first-order valence-electron chi connectivity index (χ1n) is 8.65. The standard InChI is InChI=1S/C22H22N2O3/c1-26-20-7-3-17(4-8-20)15-24(22(25)19-11-13-23-14-12-19)16-18-5-9-21(27-2)10-6-18/h3-14H,15-16H2,1-2H3. The number of nitrogens with zero attached hydrogens (tertiary/aromatic N) is 2. The molecule has 1 aromatic heterocycles. The third-order valence-corrected chi connectivity index (χ3v) is 4.28. The summed E-state index contributed by atoms with van der Waals surface area (Å²) in [6, 6.07) is 19.0. The third-order valence-electron chi connectivity index (χ3n) is 4.28. The molecule has 2 aromatic carbocycles. The van der Waals surface area contributed by atoms with Gasteiger partial charge < -0.3 is 14.4 Å². The van der Waals surface area contributed by atoms with Crippen molar-refractivity contribution in [1.29, 1.82) is 0 Å². The minimum atomic E-state index is -0.0379. The number of methoxy groups -OCH3 is 2. The molecule has 138 valence electrons. The van der Waals surface area contributed by atoms with Gasteiger partial charge in [-0.3, -0.25) is 9.78 Å². The monoisotopic (exact) mass is 362 g/mol. The van der Waals surface area contributed by atoms with Gasteiger partial charge in [0.1, 0.15) is 11.5 Å². The van der Waals surface area contributed by atoms with E-state index in [0.717, 1.165) is 22.6 Å². The van der Waals surface area contributed by atoms with Crippen molar-refractivity contribution in [2.45, 2.75) is 13.1 Å². The average Bonchev–Trinajstić information content (AvgIpc) is 2.74. The predicted octanol–water partition coefficient (Wildman–Crippen LogP) is 3.94. The van der Waals surface area contributed by atoms with E-state index in [1.165, 1.54) is 0 Å². The summed E-state index contributed by atoms with van der Waals surface area (Å²) in [7, 11) is 3.27. The number of ether oxygens (including phenoxy) is 2. The first-order valence-corrected chi connectivity index (χ1v) is 8.65. The van der Waals surface area contributed by atoms with Gasteiger partial charge in [-0.1, -0.05) is 24.3 Å². The number of carbonyl (C=O) groups excluding carboxylic acids is 1. The van der Waals surface area contributed by atoms with Crippen molar-refractivity contribution in [3.8, 4) is 11.5 Å². The fourth-order valence-corrected chi connectivity index (χ4v) is 2.78. The van der Waals surface area contributed by atoms with Crippen LogP contribution in [0.15, 0.2) is 73.1 Å². The molecule has 0 saturated heterocycles. The Morgan fingerprint density at radius 2 is 1.22 bits per heavy atom. The molecule has 27 heavy (non-hydrogen) atoms. The second-order valence-corrected chi connectivity index (χ2v) is 6.09. The molecule has 1 heterocycles. The Hall–Kier alpha value is -3.34. The van der Waals surface area contributed by atoms with Crippen molar-refractivity contribution in [3.05, 3.63) is 89.7 Å². The van der Waals surface area contributed by atoms with Gasteiger partial charge >= 0.3 is 0 Å². The van der Waals surface area contributed by atoms with E-state index in [9.17, 15) is 4.79 Å². The van der Waals surface area contributed by atoms with Crippen LogP contribution < -0.4 is 9.47 Å². The van der Waals surface area contributed by atoms with Crippen LogP contribution in [0.3, 0.4) is 0 Å². The number of carbonyl (C=O) groups is 1. The Kier molecular flexibility index (Phi) is 6.05. The second kappa shape index (κ2) is 8.85. The summed E-state index contributed by atoms with van der Waals surface area (Å²) in [6.45, 7) is 0.994. The maximum absolute atomic E-state index is 13.0.